The Morgan fingerprint density at radius 2 is 1.93 bits per heavy atom. The Morgan fingerprint density at radius 1 is 1.17 bits per heavy atom. The summed E-state index contributed by atoms with van der Waals surface area (Å²) in [7, 11) is 1.55. The molecule has 1 fully saturated rings. The first-order chi connectivity index (χ1) is 14.2. The van der Waals surface area contributed by atoms with Gasteiger partial charge < -0.3 is 14.4 Å². The van der Waals surface area contributed by atoms with Gasteiger partial charge >= 0.3 is 0 Å². The number of nitrogens with zero attached hydrogens (tertiary/aromatic N) is 2. The molecule has 2 aromatic rings. The van der Waals surface area contributed by atoms with Crippen molar-refractivity contribution in [3.05, 3.63) is 65.7 Å². The second-order valence-electron chi connectivity index (χ2n) is 7.15. The van der Waals surface area contributed by atoms with Gasteiger partial charge in [-0.1, -0.05) is 36.4 Å². The fraction of sp³-hybridized carbons (Fsp3) is 0.333. The molecule has 29 heavy (non-hydrogen) atoms. The highest BCUT2D eigenvalue weighted by Crippen LogP contribution is 2.28. The molecular formula is C24H26N2O3. The second kappa shape index (κ2) is 10.3. The summed E-state index contributed by atoms with van der Waals surface area (Å²) in [4.78, 5) is 14.5. The van der Waals surface area contributed by atoms with E-state index < -0.39 is 0 Å². The van der Waals surface area contributed by atoms with Gasteiger partial charge in [-0.25, -0.2) is 0 Å². The lowest BCUT2D eigenvalue weighted by molar-refractivity contribution is -0.127. The summed E-state index contributed by atoms with van der Waals surface area (Å²) in [5.41, 5.74) is 2.21. The summed E-state index contributed by atoms with van der Waals surface area (Å²) in [5, 5.41) is 8.64. The number of rotatable bonds is 7. The van der Waals surface area contributed by atoms with Crippen molar-refractivity contribution in [1.29, 1.82) is 5.26 Å². The fourth-order valence-electron chi connectivity index (χ4n) is 3.59. The van der Waals surface area contributed by atoms with Crippen LogP contribution in [0.25, 0.3) is 6.08 Å². The summed E-state index contributed by atoms with van der Waals surface area (Å²) in [5.74, 6) is 1.72. The van der Waals surface area contributed by atoms with Gasteiger partial charge in [-0.2, -0.15) is 5.26 Å². The predicted octanol–water partition coefficient (Wildman–Crippen LogP) is 4.09. The molecule has 0 bridgehead atoms. The number of nitriles is 1. The molecule has 5 heteroatoms. The van der Waals surface area contributed by atoms with Gasteiger partial charge in [-0.15, -0.1) is 0 Å². The van der Waals surface area contributed by atoms with Gasteiger partial charge in [0.25, 0.3) is 0 Å². The van der Waals surface area contributed by atoms with E-state index in [1.54, 1.807) is 31.4 Å². The molecular weight excluding hydrogens is 364 g/mol. The topological polar surface area (TPSA) is 62.6 Å². The summed E-state index contributed by atoms with van der Waals surface area (Å²) < 4.78 is 10.6. The van der Waals surface area contributed by atoms with E-state index in [1.165, 1.54) is 5.56 Å². The Labute approximate surface area is 172 Å². The number of carbonyl (C=O) groups is 1. The number of hydrogen-bond donors (Lipinski definition) is 0. The monoisotopic (exact) mass is 390 g/mol. The second-order valence-corrected chi connectivity index (χ2v) is 7.15. The summed E-state index contributed by atoms with van der Waals surface area (Å²) in [6.45, 7) is 1.56. The quantitative estimate of drug-likeness (QED) is 0.668. The van der Waals surface area contributed by atoms with Crippen LogP contribution in [0.5, 0.6) is 11.5 Å². The summed E-state index contributed by atoms with van der Waals surface area (Å²) in [6.07, 6.45) is 6.55. The zero-order valence-corrected chi connectivity index (χ0v) is 16.7. The van der Waals surface area contributed by atoms with Crippen LogP contribution in [0.3, 0.4) is 0 Å². The molecule has 150 valence electrons. The molecule has 2 aromatic carbocycles. The Balaban J connectivity index is 1.53. The van der Waals surface area contributed by atoms with Gasteiger partial charge in [-0.05, 0) is 54.5 Å². The molecule has 1 aliphatic rings. The molecule has 1 heterocycles. The number of ether oxygens (including phenoxy) is 2. The Hall–Kier alpha value is -3.26. The van der Waals surface area contributed by atoms with Crippen LogP contribution in [-0.2, 0) is 11.2 Å². The molecule has 3 rings (SSSR count). The highest BCUT2D eigenvalue weighted by atomic mass is 16.5. The van der Waals surface area contributed by atoms with Crippen LogP contribution in [0.15, 0.2) is 54.6 Å². The number of benzene rings is 2. The number of likely N-dealkylation sites (tertiary alicyclic amines) is 1. The minimum Gasteiger partial charge on any atom is -0.493 e. The van der Waals surface area contributed by atoms with Crippen molar-refractivity contribution in [2.24, 2.45) is 5.92 Å². The Kier molecular flexibility index (Phi) is 7.29. The number of methoxy groups -OCH3 is 1. The maximum Gasteiger partial charge on any atom is 0.246 e. The fourth-order valence-corrected chi connectivity index (χ4v) is 3.59. The molecule has 0 N–H and O–H groups in total. The van der Waals surface area contributed by atoms with Gasteiger partial charge in [0.1, 0.15) is 6.07 Å². The number of carbonyl (C=O) groups excluding carboxylic acids is 1. The van der Waals surface area contributed by atoms with E-state index >= 15 is 0 Å². The van der Waals surface area contributed by atoms with Crippen LogP contribution in [0, 0.1) is 17.2 Å². The highest BCUT2D eigenvalue weighted by Gasteiger charge is 2.21. The molecule has 0 saturated carbocycles. The van der Waals surface area contributed by atoms with Gasteiger partial charge in [0.2, 0.25) is 5.91 Å². The minimum absolute atomic E-state index is 0.0342. The van der Waals surface area contributed by atoms with Crippen molar-refractivity contribution in [3.63, 3.8) is 0 Å². The SMILES string of the molecule is COc1cc(C=CC(=O)N2CCC(Cc3ccccc3)CC2)ccc1OCC#N. The van der Waals surface area contributed by atoms with Gasteiger partial charge in [0.15, 0.2) is 18.1 Å². The van der Waals surface area contributed by atoms with Crippen molar-refractivity contribution in [1.82, 2.24) is 4.90 Å². The minimum atomic E-state index is -0.0374. The lowest BCUT2D eigenvalue weighted by Gasteiger charge is -2.31. The van der Waals surface area contributed by atoms with Crippen molar-refractivity contribution in [2.45, 2.75) is 19.3 Å². The third-order valence-corrected chi connectivity index (χ3v) is 5.19. The molecule has 0 unspecified atom stereocenters. The molecule has 0 spiro atoms. The maximum absolute atomic E-state index is 12.5. The summed E-state index contributed by atoms with van der Waals surface area (Å²) >= 11 is 0. The largest absolute Gasteiger partial charge is 0.493 e. The molecule has 1 amide bonds. The molecule has 0 aromatic heterocycles. The van der Waals surface area contributed by atoms with E-state index in [4.69, 9.17) is 14.7 Å². The average molecular weight is 390 g/mol. The smallest absolute Gasteiger partial charge is 0.246 e. The normalized spacial score (nSPS) is 14.6. The van der Waals surface area contributed by atoms with Crippen molar-refractivity contribution in [3.8, 4) is 17.6 Å². The first kappa shape index (κ1) is 20.5. The van der Waals surface area contributed by atoms with Gasteiger partial charge in [0.05, 0.1) is 7.11 Å². The molecule has 0 atom stereocenters. The molecule has 0 radical (unpaired) electrons. The standard InChI is InChI=1S/C24H26N2O3/c1-28-23-18-20(7-9-22(23)29-16-13-25)8-10-24(27)26-14-11-21(12-15-26)17-19-5-3-2-4-6-19/h2-10,18,21H,11-12,14-17H2,1H3. The first-order valence-corrected chi connectivity index (χ1v) is 9.88. The lowest BCUT2D eigenvalue weighted by Crippen LogP contribution is -2.37. The van der Waals surface area contributed by atoms with Crippen LogP contribution < -0.4 is 9.47 Å². The van der Waals surface area contributed by atoms with E-state index in [2.05, 4.69) is 24.3 Å². The number of amides is 1. The van der Waals surface area contributed by atoms with Crippen LogP contribution in [-0.4, -0.2) is 37.6 Å². The first-order valence-electron chi connectivity index (χ1n) is 9.88. The predicted molar refractivity (Wildman–Crippen MR) is 113 cm³/mol. The number of hydrogen-bond acceptors (Lipinski definition) is 4. The molecule has 0 aliphatic carbocycles. The van der Waals surface area contributed by atoms with Gasteiger partial charge in [-0.3, -0.25) is 4.79 Å². The zero-order valence-electron chi connectivity index (χ0n) is 16.7. The number of piperidine rings is 1. The third-order valence-electron chi connectivity index (χ3n) is 5.19. The maximum atomic E-state index is 12.5. The van der Waals surface area contributed by atoms with E-state index in [1.807, 2.05) is 23.1 Å². The van der Waals surface area contributed by atoms with Crippen LogP contribution in [0.2, 0.25) is 0 Å². The zero-order chi connectivity index (χ0) is 20.5. The molecule has 5 nitrogen and oxygen atoms in total. The van der Waals surface area contributed by atoms with Crippen molar-refractivity contribution < 1.29 is 14.3 Å². The van der Waals surface area contributed by atoms with E-state index in [0.29, 0.717) is 17.4 Å². The molecule has 1 saturated heterocycles. The molecule has 1 aliphatic heterocycles. The van der Waals surface area contributed by atoms with Crippen LogP contribution >= 0.6 is 0 Å². The van der Waals surface area contributed by atoms with Crippen LogP contribution in [0.1, 0.15) is 24.0 Å². The van der Waals surface area contributed by atoms with E-state index in [0.717, 1.165) is 37.9 Å². The van der Waals surface area contributed by atoms with Gasteiger partial charge in [0, 0.05) is 19.2 Å². The van der Waals surface area contributed by atoms with Crippen molar-refractivity contribution in [2.75, 3.05) is 26.8 Å². The third kappa shape index (κ3) is 5.86. The Bertz CT molecular complexity index is 879. The highest BCUT2D eigenvalue weighted by molar-refractivity contribution is 5.91. The summed E-state index contributed by atoms with van der Waals surface area (Å²) in [6, 6.07) is 17.9. The van der Waals surface area contributed by atoms with Crippen LogP contribution in [0.4, 0.5) is 0 Å². The van der Waals surface area contributed by atoms with E-state index in [9.17, 15) is 4.79 Å². The Morgan fingerprint density at radius 3 is 2.62 bits per heavy atom. The van der Waals surface area contributed by atoms with Crippen molar-refractivity contribution >= 4 is 12.0 Å². The lowest BCUT2D eigenvalue weighted by atomic mass is 9.90. The van der Waals surface area contributed by atoms with E-state index in [-0.39, 0.29) is 12.5 Å². The average Bonchev–Trinajstić information content (AvgIpc) is 2.77.